The number of nitrogens with one attached hydrogen (secondary N) is 1. The molecule has 1 aromatic rings. The van der Waals surface area contributed by atoms with Crippen molar-refractivity contribution >= 4 is 26.0 Å². The molecule has 3 rings (SSSR count). The lowest BCUT2D eigenvalue weighted by molar-refractivity contribution is 0.0600. The zero-order valence-electron chi connectivity index (χ0n) is 14.6. The molecular formula is C16H22N2O6S2. The number of hydrogen-bond acceptors (Lipinski definition) is 6. The Balaban J connectivity index is 1.72. The Hall–Kier alpha value is -1.49. The summed E-state index contributed by atoms with van der Waals surface area (Å²) in [5, 5.41) is 0. The van der Waals surface area contributed by atoms with Gasteiger partial charge in [-0.25, -0.2) is 26.4 Å². The standard InChI is InChI=1S/C16H22N2O6S2/c1-24-16(19)11-3-7-15(8-4-11)26(22,23)17-12-9-13-5-6-14(10-12)18(13)25(2,20)21/h3-4,7-8,12-14,17H,5-6,9-10H2,1-2H3. The molecule has 0 aliphatic carbocycles. The number of ether oxygens (including phenoxy) is 1. The lowest BCUT2D eigenvalue weighted by atomic mass is 10.0. The number of carbonyl (C=O) groups excluding carboxylic acids is 1. The number of piperidine rings is 1. The molecule has 0 saturated carbocycles. The van der Waals surface area contributed by atoms with Gasteiger partial charge in [-0.2, -0.15) is 4.31 Å². The number of sulfonamides is 2. The van der Waals surface area contributed by atoms with Gasteiger partial charge in [-0.1, -0.05) is 0 Å². The summed E-state index contributed by atoms with van der Waals surface area (Å²) < 4.78 is 57.9. The van der Waals surface area contributed by atoms with E-state index in [1.54, 1.807) is 0 Å². The van der Waals surface area contributed by atoms with Crippen LogP contribution in [0.25, 0.3) is 0 Å². The summed E-state index contributed by atoms with van der Waals surface area (Å²) in [6.07, 6.45) is 3.63. The van der Waals surface area contributed by atoms with Crippen molar-refractivity contribution in [2.24, 2.45) is 0 Å². The third-order valence-corrected chi connectivity index (χ3v) is 7.86. The second-order valence-electron chi connectivity index (χ2n) is 6.78. The summed E-state index contributed by atoms with van der Waals surface area (Å²) in [6.45, 7) is 0. The first-order chi connectivity index (χ1) is 12.1. The molecule has 2 unspecified atom stereocenters. The number of methoxy groups -OCH3 is 1. The molecule has 2 heterocycles. The minimum Gasteiger partial charge on any atom is -0.465 e. The molecule has 0 radical (unpaired) electrons. The first-order valence-electron chi connectivity index (χ1n) is 8.31. The molecule has 2 atom stereocenters. The van der Waals surface area contributed by atoms with E-state index in [0.29, 0.717) is 12.8 Å². The van der Waals surface area contributed by atoms with Crippen LogP contribution in [0.1, 0.15) is 36.0 Å². The van der Waals surface area contributed by atoms with Crippen LogP contribution in [0.15, 0.2) is 29.2 Å². The SMILES string of the molecule is COC(=O)c1ccc(S(=O)(=O)NC2CC3CCC(C2)N3S(C)(=O)=O)cc1. The molecule has 0 spiro atoms. The molecule has 144 valence electrons. The van der Waals surface area contributed by atoms with Crippen molar-refractivity contribution < 1.29 is 26.4 Å². The Morgan fingerprint density at radius 3 is 2.08 bits per heavy atom. The van der Waals surface area contributed by atoms with Crippen LogP contribution in [-0.4, -0.2) is 58.6 Å². The van der Waals surface area contributed by atoms with Crippen molar-refractivity contribution in [2.45, 2.75) is 48.7 Å². The fraction of sp³-hybridized carbons (Fsp3) is 0.562. The Labute approximate surface area is 153 Å². The topological polar surface area (TPSA) is 110 Å². The second-order valence-corrected chi connectivity index (χ2v) is 10.4. The lowest BCUT2D eigenvalue weighted by Gasteiger charge is -2.37. The first kappa shape index (κ1) is 19.3. The maximum Gasteiger partial charge on any atom is 0.337 e. The van der Waals surface area contributed by atoms with Gasteiger partial charge in [0.05, 0.1) is 23.8 Å². The minimum atomic E-state index is -3.75. The zero-order valence-corrected chi connectivity index (χ0v) is 16.2. The van der Waals surface area contributed by atoms with Gasteiger partial charge in [-0.3, -0.25) is 0 Å². The summed E-state index contributed by atoms with van der Waals surface area (Å²) in [5.41, 5.74) is 0.269. The van der Waals surface area contributed by atoms with Crippen molar-refractivity contribution in [1.29, 1.82) is 0 Å². The molecule has 2 saturated heterocycles. The lowest BCUT2D eigenvalue weighted by Crippen LogP contribution is -2.51. The van der Waals surface area contributed by atoms with E-state index in [9.17, 15) is 21.6 Å². The maximum atomic E-state index is 12.6. The largest absolute Gasteiger partial charge is 0.465 e. The van der Waals surface area contributed by atoms with Crippen LogP contribution in [0.5, 0.6) is 0 Å². The van der Waals surface area contributed by atoms with Crippen LogP contribution in [-0.2, 0) is 24.8 Å². The van der Waals surface area contributed by atoms with Crippen LogP contribution in [0, 0.1) is 0 Å². The quantitative estimate of drug-likeness (QED) is 0.726. The van der Waals surface area contributed by atoms with Gasteiger partial charge in [-0.05, 0) is 49.9 Å². The first-order valence-corrected chi connectivity index (χ1v) is 11.6. The predicted octanol–water partition coefficient (Wildman–Crippen LogP) is 0.707. The molecule has 26 heavy (non-hydrogen) atoms. The number of nitrogens with zero attached hydrogens (tertiary/aromatic N) is 1. The average molecular weight is 402 g/mol. The van der Waals surface area contributed by atoms with Crippen LogP contribution >= 0.6 is 0 Å². The number of hydrogen-bond donors (Lipinski definition) is 1. The smallest absolute Gasteiger partial charge is 0.337 e. The van der Waals surface area contributed by atoms with Crippen molar-refractivity contribution in [3.63, 3.8) is 0 Å². The van der Waals surface area contributed by atoms with E-state index in [2.05, 4.69) is 9.46 Å². The van der Waals surface area contributed by atoms with E-state index in [0.717, 1.165) is 12.8 Å². The van der Waals surface area contributed by atoms with E-state index in [1.165, 1.54) is 41.9 Å². The highest BCUT2D eigenvalue weighted by atomic mass is 32.2. The number of benzene rings is 1. The Morgan fingerprint density at radius 2 is 1.62 bits per heavy atom. The van der Waals surface area contributed by atoms with Crippen LogP contribution in [0.2, 0.25) is 0 Å². The fourth-order valence-electron chi connectivity index (χ4n) is 3.95. The van der Waals surface area contributed by atoms with Crippen LogP contribution in [0.3, 0.4) is 0 Å². The fourth-order valence-corrected chi connectivity index (χ4v) is 6.68. The summed E-state index contributed by atoms with van der Waals surface area (Å²) in [5.74, 6) is -0.536. The van der Waals surface area contributed by atoms with Gasteiger partial charge in [0.2, 0.25) is 20.0 Å². The Kier molecular flexibility index (Phi) is 5.13. The molecule has 2 bridgehead atoms. The van der Waals surface area contributed by atoms with Gasteiger partial charge in [0, 0.05) is 18.1 Å². The Bertz CT molecular complexity index is 881. The third kappa shape index (κ3) is 3.78. The summed E-state index contributed by atoms with van der Waals surface area (Å²) in [6, 6.07) is 4.89. The van der Waals surface area contributed by atoms with Gasteiger partial charge in [0.1, 0.15) is 0 Å². The Morgan fingerprint density at radius 1 is 1.08 bits per heavy atom. The maximum absolute atomic E-state index is 12.6. The van der Waals surface area contributed by atoms with Crippen LogP contribution < -0.4 is 4.72 Å². The number of esters is 1. The van der Waals surface area contributed by atoms with Gasteiger partial charge < -0.3 is 4.74 Å². The van der Waals surface area contributed by atoms with E-state index in [4.69, 9.17) is 0 Å². The second kappa shape index (κ2) is 6.91. The van der Waals surface area contributed by atoms with Crippen molar-refractivity contribution in [3.05, 3.63) is 29.8 Å². The monoisotopic (exact) mass is 402 g/mol. The normalized spacial score (nSPS) is 26.6. The summed E-state index contributed by atoms with van der Waals surface area (Å²) in [7, 11) is -5.78. The van der Waals surface area contributed by atoms with E-state index >= 15 is 0 Å². The van der Waals surface area contributed by atoms with Gasteiger partial charge in [0.15, 0.2) is 0 Å². The van der Waals surface area contributed by atoms with E-state index < -0.39 is 26.0 Å². The van der Waals surface area contributed by atoms with Crippen LogP contribution in [0.4, 0.5) is 0 Å². The zero-order chi connectivity index (χ0) is 19.1. The molecule has 1 aromatic carbocycles. The molecule has 1 N–H and O–H groups in total. The molecule has 10 heteroatoms. The highest BCUT2D eigenvalue weighted by Crippen LogP contribution is 2.37. The number of carbonyl (C=O) groups is 1. The van der Waals surface area contributed by atoms with Crippen molar-refractivity contribution in [3.8, 4) is 0 Å². The molecular weight excluding hydrogens is 380 g/mol. The molecule has 2 fully saturated rings. The summed E-state index contributed by atoms with van der Waals surface area (Å²) >= 11 is 0. The van der Waals surface area contributed by atoms with Crippen molar-refractivity contribution in [2.75, 3.05) is 13.4 Å². The molecule has 8 nitrogen and oxygen atoms in total. The summed E-state index contributed by atoms with van der Waals surface area (Å²) in [4.78, 5) is 11.5. The predicted molar refractivity (Wildman–Crippen MR) is 94.6 cm³/mol. The molecule has 2 aliphatic heterocycles. The highest BCUT2D eigenvalue weighted by molar-refractivity contribution is 7.89. The van der Waals surface area contributed by atoms with Gasteiger partial charge in [0.25, 0.3) is 0 Å². The molecule has 0 amide bonds. The third-order valence-electron chi connectivity index (χ3n) is 4.96. The van der Waals surface area contributed by atoms with E-state index in [-0.39, 0.29) is 28.6 Å². The average Bonchev–Trinajstić information content (AvgIpc) is 2.86. The number of fused-ring (bicyclic) bond motifs is 2. The minimum absolute atomic E-state index is 0.0584. The van der Waals surface area contributed by atoms with E-state index in [1.807, 2.05) is 0 Å². The number of rotatable bonds is 5. The highest BCUT2D eigenvalue weighted by Gasteiger charge is 2.45. The van der Waals surface area contributed by atoms with Gasteiger partial charge >= 0.3 is 5.97 Å². The van der Waals surface area contributed by atoms with Crippen molar-refractivity contribution in [1.82, 2.24) is 9.03 Å². The molecule has 2 aliphatic rings. The molecule has 0 aromatic heterocycles. The van der Waals surface area contributed by atoms with Gasteiger partial charge in [-0.15, -0.1) is 0 Å².